The maximum absolute atomic E-state index is 12.6. The number of carbonyl (C=O) groups is 2. The minimum atomic E-state index is -0.281. The van der Waals surface area contributed by atoms with Crippen molar-refractivity contribution in [1.82, 2.24) is 0 Å². The number of hydrogen-bond donors (Lipinski definition) is 0. The number of amides is 2. The van der Waals surface area contributed by atoms with Gasteiger partial charge in [0.25, 0.3) is 0 Å². The van der Waals surface area contributed by atoms with Crippen LogP contribution in [0.5, 0.6) is 5.75 Å². The Morgan fingerprint density at radius 3 is 2.39 bits per heavy atom. The summed E-state index contributed by atoms with van der Waals surface area (Å²) in [5, 5.41) is 0. The zero-order valence-electron chi connectivity index (χ0n) is 13.1. The van der Waals surface area contributed by atoms with Gasteiger partial charge in [-0.05, 0) is 43.2 Å². The summed E-state index contributed by atoms with van der Waals surface area (Å²) in [6, 6.07) is 16.9. The van der Waals surface area contributed by atoms with Gasteiger partial charge < -0.3 is 4.74 Å². The third kappa shape index (κ3) is 3.26. The van der Waals surface area contributed by atoms with E-state index in [0.29, 0.717) is 18.7 Å². The SMILES string of the molecule is CCOc1ccc(N2C(=O)C[C@H](Cc3ccccc3)C2=O)cc1. The highest BCUT2D eigenvalue weighted by Gasteiger charge is 2.39. The molecule has 1 fully saturated rings. The minimum absolute atomic E-state index is 0.122. The normalized spacial score (nSPS) is 17.6. The largest absolute Gasteiger partial charge is 0.494 e. The molecular weight excluding hydrogens is 290 g/mol. The van der Waals surface area contributed by atoms with Gasteiger partial charge in [0.05, 0.1) is 18.2 Å². The molecule has 4 nitrogen and oxygen atoms in total. The lowest BCUT2D eigenvalue weighted by molar-refractivity contribution is -0.122. The molecule has 1 aliphatic heterocycles. The fourth-order valence-electron chi connectivity index (χ4n) is 2.88. The molecule has 2 amide bonds. The molecule has 0 saturated carbocycles. The number of ether oxygens (including phenoxy) is 1. The quantitative estimate of drug-likeness (QED) is 0.797. The van der Waals surface area contributed by atoms with Crippen molar-refractivity contribution in [3.8, 4) is 5.75 Å². The molecule has 0 aliphatic carbocycles. The average molecular weight is 309 g/mol. The third-order valence-electron chi connectivity index (χ3n) is 3.97. The Bertz CT molecular complexity index is 694. The zero-order valence-corrected chi connectivity index (χ0v) is 13.1. The molecule has 1 saturated heterocycles. The second kappa shape index (κ2) is 6.65. The Morgan fingerprint density at radius 1 is 1.04 bits per heavy atom. The molecule has 4 heteroatoms. The van der Waals surface area contributed by atoms with Crippen molar-refractivity contribution in [2.45, 2.75) is 19.8 Å². The Kier molecular flexibility index (Phi) is 4.42. The van der Waals surface area contributed by atoms with E-state index in [1.165, 1.54) is 4.90 Å². The molecule has 0 radical (unpaired) electrons. The molecule has 0 spiro atoms. The van der Waals surface area contributed by atoms with Crippen LogP contribution in [0.2, 0.25) is 0 Å². The van der Waals surface area contributed by atoms with Gasteiger partial charge in [-0.1, -0.05) is 30.3 Å². The maximum Gasteiger partial charge on any atom is 0.237 e. The van der Waals surface area contributed by atoms with E-state index >= 15 is 0 Å². The number of nitrogens with zero attached hydrogens (tertiary/aromatic N) is 1. The Balaban J connectivity index is 1.76. The first-order valence-electron chi connectivity index (χ1n) is 7.82. The van der Waals surface area contributed by atoms with Gasteiger partial charge in [0.1, 0.15) is 5.75 Å². The van der Waals surface area contributed by atoms with Crippen molar-refractivity contribution in [1.29, 1.82) is 0 Å². The molecule has 118 valence electrons. The van der Waals surface area contributed by atoms with Crippen LogP contribution in [-0.4, -0.2) is 18.4 Å². The second-order valence-electron chi connectivity index (χ2n) is 5.59. The molecule has 3 rings (SSSR count). The molecule has 1 heterocycles. The van der Waals surface area contributed by atoms with Crippen LogP contribution in [0.4, 0.5) is 5.69 Å². The van der Waals surface area contributed by atoms with Crippen molar-refractivity contribution in [3.05, 3.63) is 60.2 Å². The van der Waals surface area contributed by atoms with Crippen molar-refractivity contribution in [2.75, 3.05) is 11.5 Å². The molecule has 0 N–H and O–H groups in total. The molecule has 0 bridgehead atoms. The summed E-state index contributed by atoms with van der Waals surface area (Å²) in [4.78, 5) is 26.2. The van der Waals surface area contributed by atoms with E-state index < -0.39 is 0 Å². The van der Waals surface area contributed by atoms with Crippen LogP contribution in [0, 0.1) is 5.92 Å². The first kappa shape index (κ1) is 15.3. The number of benzene rings is 2. The number of imide groups is 1. The summed E-state index contributed by atoms with van der Waals surface area (Å²) in [5.41, 5.74) is 1.69. The lowest BCUT2D eigenvalue weighted by atomic mass is 9.98. The predicted octanol–water partition coefficient (Wildman–Crippen LogP) is 3.21. The topological polar surface area (TPSA) is 46.6 Å². The van der Waals surface area contributed by atoms with Gasteiger partial charge in [-0.15, -0.1) is 0 Å². The fourth-order valence-corrected chi connectivity index (χ4v) is 2.88. The first-order chi connectivity index (χ1) is 11.2. The Hall–Kier alpha value is -2.62. The predicted molar refractivity (Wildman–Crippen MR) is 88.4 cm³/mol. The molecule has 0 aromatic heterocycles. The smallest absolute Gasteiger partial charge is 0.237 e. The average Bonchev–Trinajstić information content (AvgIpc) is 2.84. The summed E-state index contributed by atoms with van der Waals surface area (Å²) >= 11 is 0. The second-order valence-corrected chi connectivity index (χ2v) is 5.59. The van der Waals surface area contributed by atoms with E-state index in [-0.39, 0.29) is 24.2 Å². The van der Waals surface area contributed by atoms with Crippen LogP contribution in [0.25, 0.3) is 0 Å². The highest BCUT2D eigenvalue weighted by Crippen LogP contribution is 2.29. The standard InChI is InChI=1S/C19H19NO3/c1-2-23-17-10-8-16(9-11-17)20-18(21)13-15(19(20)22)12-14-6-4-3-5-7-14/h3-11,15H,2,12-13H2,1H3/t15-/m0/s1. The number of carbonyl (C=O) groups excluding carboxylic acids is 2. The highest BCUT2D eigenvalue weighted by atomic mass is 16.5. The third-order valence-corrected chi connectivity index (χ3v) is 3.97. The van der Waals surface area contributed by atoms with Crippen molar-refractivity contribution in [3.63, 3.8) is 0 Å². The number of rotatable bonds is 5. The van der Waals surface area contributed by atoms with E-state index in [4.69, 9.17) is 4.74 Å². The monoisotopic (exact) mass is 309 g/mol. The van der Waals surface area contributed by atoms with Gasteiger partial charge in [0, 0.05) is 6.42 Å². The Morgan fingerprint density at radius 2 is 1.74 bits per heavy atom. The van der Waals surface area contributed by atoms with Crippen molar-refractivity contribution < 1.29 is 14.3 Å². The van der Waals surface area contributed by atoms with Crippen LogP contribution in [0.1, 0.15) is 18.9 Å². The fraction of sp³-hybridized carbons (Fsp3) is 0.263. The molecule has 23 heavy (non-hydrogen) atoms. The molecule has 1 aliphatic rings. The van der Waals surface area contributed by atoms with Crippen molar-refractivity contribution >= 4 is 17.5 Å². The zero-order chi connectivity index (χ0) is 16.2. The van der Waals surface area contributed by atoms with Crippen LogP contribution >= 0.6 is 0 Å². The van der Waals surface area contributed by atoms with Gasteiger partial charge >= 0.3 is 0 Å². The maximum atomic E-state index is 12.6. The Labute approximate surface area is 135 Å². The van der Waals surface area contributed by atoms with Gasteiger partial charge in [-0.2, -0.15) is 0 Å². The van der Waals surface area contributed by atoms with E-state index in [9.17, 15) is 9.59 Å². The lowest BCUT2D eigenvalue weighted by Gasteiger charge is -2.15. The van der Waals surface area contributed by atoms with Gasteiger partial charge in [-0.25, -0.2) is 0 Å². The molecule has 0 unspecified atom stereocenters. The van der Waals surface area contributed by atoms with Crippen LogP contribution in [0.3, 0.4) is 0 Å². The summed E-state index contributed by atoms with van der Waals surface area (Å²) in [6.45, 7) is 2.50. The molecule has 2 aromatic carbocycles. The summed E-state index contributed by atoms with van der Waals surface area (Å²) in [7, 11) is 0. The van der Waals surface area contributed by atoms with Gasteiger partial charge in [0.2, 0.25) is 11.8 Å². The van der Waals surface area contributed by atoms with E-state index in [1.807, 2.05) is 37.3 Å². The minimum Gasteiger partial charge on any atom is -0.494 e. The molecule has 2 aromatic rings. The van der Waals surface area contributed by atoms with E-state index in [0.717, 1.165) is 11.3 Å². The number of hydrogen-bond acceptors (Lipinski definition) is 3. The summed E-state index contributed by atoms with van der Waals surface area (Å²) in [5.74, 6) is 0.191. The van der Waals surface area contributed by atoms with Crippen molar-refractivity contribution in [2.24, 2.45) is 5.92 Å². The van der Waals surface area contributed by atoms with E-state index in [1.54, 1.807) is 24.3 Å². The van der Waals surface area contributed by atoms with Crippen LogP contribution < -0.4 is 9.64 Å². The highest BCUT2D eigenvalue weighted by molar-refractivity contribution is 6.21. The van der Waals surface area contributed by atoms with E-state index in [2.05, 4.69) is 0 Å². The summed E-state index contributed by atoms with van der Waals surface area (Å²) in [6.07, 6.45) is 0.861. The van der Waals surface area contributed by atoms with Crippen LogP contribution in [-0.2, 0) is 16.0 Å². The number of anilines is 1. The molecular formula is C19H19NO3. The summed E-state index contributed by atoms with van der Waals surface area (Å²) < 4.78 is 5.39. The first-order valence-corrected chi connectivity index (χ1v) is 7.82. The van der Waals surface area contributed by atoms with Gasteiger partial charge in [0.15, 0.2) is 0 Å². The molecule has 1 atom stereocenters. The van der Waals surface area contributed by atoms with Gasteiger partial charge in [-0.3, -0.25) is 14.5 Å². The van der Waals surface area contributed by atoms with Crippen LogP contribution in [0.15, 0.2) is 54.6 Å². The lowest BCUT2D eigenvalue weighted by Crippen LogP contribution is -2.30.